The number of halogens is 3. The van der Waals surface area contributed by atoms with Gasteiger partial charge < -0.3 is 20.1 Å². The third-order valence-electron chi connectivity index (χ3n) is 13.0. The van der Waals surface area contributed by atoms with Gasteiger partial charge in [-0.15, -0.1) is 0 Å². The van der Waals surface area contributed by atoms with Gasteiger partial charge in [-0.2, -0.15) is 13.2 Å². The summed E-state index contributed by atoms with van der Waals surface area (Å²) in [5.41, 5.74) is -4.00. The molecule has 6 atom stereocenters. The van der Waals surface area contributed by atoms with E-state index in [1.165, 1.54) is 17.9 Å². The Morgan fingerprint density at radius 2 is 1.82 bits per heavy atom. The first-order chi connectivity index (χ1) is 26.4. The van der Waals surface area contributed by atoms with Gasteiger partial charge in [-0.25, -0.2) is 18.2 Å². The third kappa shape index (κ3) is 6.46. The molecule has 4 amide bonds. The van der Waals surface area contributed by atoms with Gasteiger partial charge in [-0.3, -0.25) is 24.0 Å². The molecular weight excluding hydrogens is 756 g/mol. The first-order valence-electron chi connectivity index (χ1n) is 19.5. The smallest absolute Gasteiger partial charge is 0.437 e. The SMILES string of the molecule is CC1[C@H]2C(=O)N[C@]3(C(=O)NS(=O)(=O)C4(C)CC4)C[C@H]3/C=C\CCCCC[C@H](N(C(=O)O)C3CC3)C(=O)N2C[C@@]12CCc1c(c(C(F)(F)F)nc3ccccc13)O2. The maximum atomic E-state index is 14.9. The zero-order chi connectivity index (χ0) is 40.0. The van der Waals surface area contributed by atoms with E-state index < -0.39 is 97.3 Å². The molecule has 3 N–H and O–H groups in total. The molecule has 1 unspecified atom stereocenters. The van der Waals surface area contributed by atoms with Crippen LogP contribution in [0.3, 0.4) is 0 Å². The zero-order valence-corrected chi connectivity index (χ0v) is 32.0. The number of amides is 4. The first-order valence-corrected chi connectivity index (χ1v) is 20.9. The van der Waals surface area contributed by atoms with Crippen LogP contribution in [0.5, 0.6) is 5.75 Å². The lowest BCUT2D eigenvalue weighted by Gasteiger charge is -2.40. The summed E-state index contributed by atoms with van der Waals surface area (Å²) in [6.07, 6.45) is 2.27. The predicted octanol–water partition coefficient (Wildman–Crippen LogP) is 5.07. The van der Waals surface area contributed by atoms with Gasteiger partial charge in [0.1, 0.15) is 23.2 Å². The fourth-order valence-corrected chi connectivity index (χ4v) is 10.4. The Morgan fingerprint density at radius 3 is 2.50 bits per heavy atom. The van der Waals surface area contributed by atoms with Crippen molar-refractivity contribution in [3.05, 3.63) is 47.7 Å². The first kappa shape index (κ1) is 38.5. The molecule has 302 valence electrons. The Morgan fingerprint density at radius 1 is 1.09 bits per heavy atom. The van der Waals surface area contributed by atoms with E-state index in [-0.39, 0.29) is 37.7 Å². The van der Waals surface area contributed by atoms with Crippen LogP contribution < -0.4 is 14.8 Å². The van der Waals surface area contributed by atoms with E-state index in [1.54, 1.807) is 31.2 Å². The highest BCUT2D eigenvalue weighted by molar-refractivity contribution is 7.91. The third-order valence-corrected chi connectivity index (χ3v) is 15.2. The Hall–Kier alpha value is -4.41. The Balaban J connectivity index is 1.21. The molecule has 56 heavy (non-hydrogen) atoms. The van der Waals surface area contributed by atoms with Crippen molar-refractivity contribution in [3.8, 4) is 5.75 Å². The molecule has 0 bridgehead atoms. The second kappa shape index (κ2) is 13.3. The second-order valence-electron chi connectivity index (χ2n) is 16.8. The Bertz CT molecular complexity index is 2140. The van der Waals surface area contributed by atoms with Crippen LogP contribution in [0.15, 0.2) is 36.4 Å². The molecule has 0 radical (unpaired) electrons. The van der Waals surface area contributed by atoms with Crippen molar-refractivity contribution < 1.29 is 50.6 Å². The number of benzene rings is 1. The van der Waals surface area contributed by atoms with E-state index in [2.05, 4.69) is 15.0 Å². The Labute approximate surface area is 322 Å². The topological polar surface area (TPSA) is 175 Å². The number of pyridine rings is 1. The van der Waals surface area contributed by atoms with Gasteiger partial charge in [0.2, 0.25) is 21.8 Å². The zero-order valence-electron chi connectivity index (χ0n) is 31.2. The van der Waals surface area contributed by atoms with E-state index in [1.807, 2.05) is 6.08 Å². The van der Waals surface area contributed by atoms with Crippen molar-refractivity contribution in [3.63, 3.8) is 0 Å². The largest absolute Gasteiger partial charge is 0.482 e. The van der Waals surface area contributed by atoms with Crippen LogP contribution in [0.4, 0.5) is 18.0 Å². The molecule has 1 spiro atoms. The van der Waals surface area contributed by atoms with E-state index in [0.717, 1.165) is 4.90 Å². The van der Waals surface area contributed by atoms with Crippen molar-refractivity contribution in [2.24, 2.45) is 11.8 Å². The quantitative estimate of drug-likeness (QED) is 0.349. The number of allylic oxidation sites excluding steroid dienone is 1. The van der Waals surface area contributed by atoms with Crippen molar-refractivity contribution in [2.45, 2.75) is 131 Å². The number of aromatic nitrogens is 1. The van der Waals surface area contributed by atoms with Crippen LogP contribution in [0, 0.1) is 11.8 Å². The fraction of sp³-hybridized carbons (Fsp3) is 0.615. The fourth-order valence-electron chi connectivity index (χ4n) is 9.07. The summed E-state index contributed by atoms with van der Waals surface area (Å²) in [6, 6.07) is 3.45. The number of sulfonamides is 1. The molecule has 3 aliphatic heterocycles. The molecule has 13 nitrogen and oxygen atoms in total. The lowest BCUT2D eigenvalue weighted by molar-refractivity contribution is -0.145. The lowest BCUT2D eigenvalue weighted by atomic mass is 9.80. The summed E-state index contributed by atoms with van der Waals surface area (Å²) in [4.78, 5) is 62.8. The average Bonchev–Trinajstić information content (AvgIpc) is 4.06. The highest BCUT2D eigenvalue weighted by atomic mass is 32.2. The molecule has 2 aromatic rings. The molecule has 4 fully saturated rings. The summed E-state index contributed by atoms with van der Waals surface area (Å²) < 4.78 is 78.1. The average molecular weight is 802 g/mol. The summed E-state index contributed by atoms with van der Waals surface area (Å²) >= 11 is 0. The highest BCUT2D eigenvalue weighted by Gasteiger charge is 2.65. The van der Waals surface area contributed by atoms with Crippen LogP contribution >= 0.6 is 0 Å². The molecule has 3 saturated carbocycles. The van der Waals surface area contributed by atoms with Gasteiger partial charge in [0, 0.05) is 28.8 Å². The summed E-state index contributed by atoms with van der Waals surface area (Å²) in [5, 5.41) is 13.7. The predicted molar refractivity (Wildman–Crippen MR) is 196 cm³/mol. The van der Waals surface area contributed by atoms with E-state index in [9.17, 15) is 45.9 Å². The molecular formula is C39H46F3N5O8S. The van der Waals surface area contributed by atoms with Crippen LogP contribution in [0.2, 0.25) is 0 Å². The van der Waals surface area contributed by atoms with Crippen molar-refractivity contribution >= 4 is 44.7 Å². The van der Waals surface area contributed by atoms with Crippen molar-refractivity contribution in [1.82, 2.24) is 24.8 Å². The molecule has 1 aromatic heterocycles. The molecule has 3 aliphatic carbocycles. The van der Waals surface area contributed by atoms with Gasteiger partial charge >= 0.3 is 12.3 Å². The van der Waals surface area contributed by atoms with Gasteiger partial charge in [-0.1, -0.05) is 50.1 Å². The van der Waals surface area contributed by atoms with E-state index in [4.69, 9.17) is 4.74 Å². The van der Waals surface area contributed by atoms with Gasteiger partial charge in [0.15, 0.2) is 11.4 Å². The van der Waals surface area contributed by atoms with Crippen molar-refractivity contribution in [1.29, 1.82) is 0 Å². The molecule has 8 rings (SSSR count). The summed E-state index contributed by atoms with van der Waals surface area (Å²) in [5.74, 6) is -4.40. The monoisotopic (exact) mass is 801 g/mol. The number of rotatable bonds is 5. The minimum atomic E-state index is -4.91. The van der Waals surface area contributed by atoms with Gasteiger partial charge in [0.05, 0.1) is 16.8 Å². The van der Waals surface area contributed by atoms with Crippen LogP contribution in [0.1, 0.15) is 95.7 Å². The number of carbonyl (C=O) groups is 4. The number of nitrogens with one attached hydrogen (secondary N) is 2. The number of carboxylic acid groups (broad SMARTS) is 1. The van der Waals surface area contributed by atoms with Crippen molar-refractivity contribution in [2.75, 3.05) is 6.54 Å². The van der Waals surface area contributed by atoms with E-state index in [0.29, 0.717) is 62.3 Å². The molecule has 17 heteroatoms. The second-order valence-corrected chi connectivity index (χ2v) is 19.0. The van der Waals surface area contributed by atoms with Gasteiger partial charge in [0.25, 0.3) is 5.91 Å². The number of aryl methyl sites for hydroxylation is 1. The minimum absolute atomic E-state index is 0.0855. The maximum absolute atomic E-state index is 14.9. The molecule has 1 saturated heterocycles. The van der Waals surface area contributed by atoms with Crippen LogP contribution in [-0.4, -0.2) is 92.7 Å². The number of hydrogen-bond donors (Lipinski definition) is 3. The molecule has 4 heterocycles. The number of hydrogen-bond acceptors (Lipinski definition) is 8. The Kier molecular flexibility index (Phi) is 9.16. The van der Waals surface area contributed by atoms with Crippen LogP contribution in [-0.2, 0) is 37.0 Å². The number of fused-ring (bicyclic) bond motifs is 5. The number of ether oxygens (including phenoxy) is 1. The summed E-state index contributed by atoms with van der Waals surface area (Å²) in [6.45, 7) is 2.81. The van der Waals surface area contributed by atoms with Crippen LogP contribution in [0.25, 0.3) is 10.9 Å². The number of alkyl halides is 3. The minimum Gasteiger partial charge on any atom is -0.482 e. The lowest BCUT2D eigenvalue weighted by Crippen LogP contribution is -2.60. The summed E-state index contributed by atoms with van der Waals surface area (Å²) in [7, 11) is -4.10. The number of carbonyl (C=O) groups excluding carboxylic acids is 3. The normalized spacial score (nSPS) is 32.1. The highest BCUT2D eigenvalue weighted by Crippen LogP contribution is 2.52. The number of nitrogens with zero attached hydrogens (tertiary/aromatic N) is 3. The number of para-hydroxylation sites is 1. The molecule has 1 aromatic carbocycles. The standard InChI is InChI=1S/C39H46F3N5O8S/c1-22-29-32(48)44-38(34(50)45-56(53,54)36(2)18-19-36)20-23(38)10-6-4-3-5-7-13-28(47(35(51)52)24-14-15-24)33(49)46(29)21-37(22)17-16-26-25-11-8-9-12-27(25)43-31(30(26)55-37)39(40,41)42/h6,8-12,22-24,28-29H,3-5,7,13-21H2,1-2H3,(H,44,48)(H,45,50)(H,51,52)/b10-6-/t22?,23-,28+,29+,37+,38-/m1/s1. The molecule has 6 aliphatic rings. The maximum Gasteiger partial charge on any atom is 0.437 e. The van der Waals surface area contributed by atoms with Gasteiger partial charge in [-0.05, 0) is 77.2 Å². The van der Waals surface area contributed by atoms with E-state index >= 15 is 0 Å².